The maximum atomic E-state index is 10.6. The molecule has 1 aromatic rings. The summed E-state index contributed by atoms with van der Waals surface area (Å²) in [5, 5.41) is 12.0. The molecule has 0 radical (unpaired) electrons. The SMILES string of the molecule is C[C@H](/C=C\[Si](C)(C)c1ccccc1)[C@@H](O)C1CCCCC1. The van der Waals surface area contributed by atoms with Crippen molar-refractivity contribution in [3.63, 3.8) is 0 Å². The van der Waals surface area contributed by atoms with Crippen LogP contribution in [0.15, 0.2) is 42.1 Å². The van der Waals surface area contributed by atoms with Crippen LogP contribution in [0.25, 0.3) is 0 Å². The molecule has 21 heavy (non-hydrogen) atoms. The van der Waals surface area contributed by atoms with E-state index >= 15 is 0 Å². The Hall–Kier alpha value is -0.863. The van der Waals surface area contributed by atoms with Crippen LogP contribution in [0.4, 0.5) is 0 Å². The molecule has 0 bridgehead atoms. The highest BCUT2D eigenvalue weighted by atomic mass is 28.3. The van der Waals surface area contributed by atoms with Crippen LogP contribution in [0.5, 0.6) is 0 Å². The minimum atomic E-state index is -1.53. The van der Waals surface area contributed by atoms with E-state index in [1.54, 1.807) is 0 Å². The van der Waals surface area contributed by atoms with Crippen molar-refractivity contribution < 1.29 is 5.11 Å². The maximum Gasteiger partial charge on any atom is 0.103 e. The Morgan fingerprint density at radius 1 is 1.10 bits per heavy atom. The van der Waals surface area contributed by atoms with Crippen molar-refractivity contribution in [2.24, 2.45) is 11.8 Å². The Balaban J connectivity index is 1.98. The normalized spacial score (nSPS) is 20.6. The zero-order chi connectivity index (χ0) is 15.3. The zero-order valence-electron chi connectivity index (χ0n) is 13.8. The van der Waals surface area contributed by atoms with E-state index in [1.165, 1.54) is 37.3 Å². The zero-order valence-corrected chi connectivity index (χ0v) is 14.8. The highest BCUT2D eigenvalue weighted by Crippen LogP contribution is 2.30. The molecule has 1 aliphatic carbocycles. The molecule has 0 aromatic heterocycles. The van der Waals surface area contributed by atoms with Gasteiger partial charge < -0.3 is 5.11 Å². The average Bonchev–Trinajstić information content (AvgIpc) is 2.53. The molecule has 116 valence electrons. The maximum absolute atomic E-state index is 10.6. The number of aliphatic hydroxyl groups excluding tert-OH is 1. The van der Waals surface area contributed by atoms with Crippen molar-refractivity contribution in [2.75, 3.05) is 0 Å². The molecule has 1 saturated carbocycles. The van der Waals surface area contributed by atoms with Gasteiger partial charge in [0.1, 0.15) is 8.07 Å². The van der Waals surface area contributed by atoms with Crippen LogP contribution in [0.1, 0.15) is 39.0 Å². The summed E-state index contributed by atoms with van der Waals surface area (Å²) >= 11 is 0. The van der Waals surface area contributed by atoms with Crippen LogP contribution in [-0.2, 0) is 0 Å². The lowest BCUT2D eigenvalue weighted by molar-refractivity contribution is 0.0557. The van der Waals surface area contributed by atoms with Crippen molar-refractivity contribution in [1.82, 2.24) is 0 Å². The predicted octanol–water partition coefficient (Wildman–Crippen LogP) is 4.27. The Labute approximate surface area is 131 Å². The van der Waals surface area contributed by atoms with E-state index in [9.17, 15) is 5.11 Å². The van der Waals surface area contributed by atoms with Crippen LogP contribution in [0.2, 0.25) is 13.1 Å². The van der Waals surface area contributed by atoms with Crippen LogP contribution >= 0.6 is 0 Å². The number of hydrogen-bond donors (Lipinski definition) is 1. The molecular formula is C19H30OSi. The third kappa shape index (κ3) is 4.55. The van der Waals surface area contributed by atoms with Crippen molar-refractivity contribution in [3.8, 4) is 0 Å². The van der Waals surface area contributed by atoms with Crippen LogP contribution in [0.3, 0.4) is 0 Å². The first-order chi connectivity index (χ1) is 10.0. The summed E-state index contributed by atoms with van der Waals surface area (Å²) in [7, 11) is -1.53. The van der Waals surface area contributed by atoms with Crippen LogP contribution in [0, 0.1) is 11.8 Å². The summed E-state index contributed by atoms with van der Waals surface area (Å²) in [6.45, 7) is 6.92. The van der Waals surface area contributed by atoms with Gasteiger partial charge in [-0.1, -0.05) is 86.6 Å². The Morgan fingerprint density at radius 3 is 2.33 bits per heavy atom. The minimum absolute atomic E-state index is 0.165. The van der Waals surface area contributed by atoms with Gasteiger partial charge in [0.05, 0.1) is 6.10 Å². The monoisotopic (exact) mass is 302 g/mol. The van der Waals surface area contributed by atoms with E-state index in [1.807, 2.05) is 0 Å². The van der Waals surface area contributed by atoms with Crippen molar-refractivity contribution in [1.29, 1.82) is 0 Å². The van der Waals surface area contributed by atoms with Gasteiger partial charge in [0, 0.05) is 0 Å². The molecule has 1 N–H and O–H groups in total. The second-order valence-electron chi connectivity index (χ2n) is 7.19. The van der Waals surface area contributed by atoms with E-state index < -0.39 is 8.07 Å². The summed E-state index contributed by atoms with van der Waals surface area (Å²) in [6.07, 6.45) is 8.46. The molecular weight excluding hydrogens is 272 g/mol. The van der Waals surface area contributed by atoms with Gasteiger partial charge in [-0.15, -0.1) is 0 Å². The first kappa shape index (κ1) is 16.5. The molecule has 0 aliphatic heterocycles. The summed E-state index contributed by atoms with van der Waals surface area (Å²) in [5.74, 6) is 0.781. The quantitative estimate of drug-likeness (QED) is 0.805. The second kappa shape index (κ2) is 7.41. The number of benzene rings is 1. The summed E-state index contributed by atoms with van der Waals surface area (Å²) in [5.41, 5.74) is 2.40. The molecule has 0 spiro atoms. The lowest BCUT2D eigenvalue weighted by atomic mass is 9.81. The first-order valence-corrected chi connectivity index (χ1v) is 11.5. The summed E-state index contributed by atoms with van der Waals surface area (Å²) in [4.78, 5) is 0. The van der Waals surface area contributed by atoms with E-state index in [0.29, 0.717) is 5.92 Å². The fourth-order valence-electron chi connectivity index (χ4n) is 3.38. The molecule has 1 fully saturated rings. The Bertz CT molecular complexity index is 446. The second-order valence-corrected chi connectivity index (χ2v) is 11.5. The van der Waals surface area contributed by atoms with Crippen molar-refractivity contribution in [2.45, 2.75) is 58.2 Å². The largest absolute Gasteiger partial charge is 0.392 e. The highest BCUT2D eigenvalue weighted by molar-refractivity contribution is 6.93. The van der Waals surface area contributed by atoms with Gasteiger partial charge in [-0.3, -0.25) is 0 Å². The Kier molecular flexibility index (Phi) is 5.83. The van der Waals surface area contributed by atoms with Gasteiger partial charge in [0.25, 0.3) is 0 Å². The number of rotatable bonds is 5. The standard InChI is InChI=1S/C19H30OSi/c1-16(19(20)17-10-6-4-7-11-17)14-15-21(2,3)18-12-8-5-9-13-18/h5,8-9,12-17,19-20H,4,6-7,10-11H2,1-3H3/b15-14-/t16-,19-/m1/s1. The average molecular weight is 303 g/mol. The van der Waals surface area contributed by atoms with Crippen molar-refractivity contribution >= 4 is 13.3 Å². The third-order valence-corrected chi connectivity index (χ3v) is 7.85. The highest BCUT2D eigenvalue weighted by Gasteiger charge is 2.26. The topological polar surface area (TPSA) is 20.2 Å². The van der Waals surface area contributed by atoms with Gasteiger partial charge in [-0.2, -0.15) is 0 Å². The first-order valence-electron chi connectivity index (χ1n) is 8.43. The molecule has 1 aromatic carbocycles. The smallest absolute Gasteiger partial charge is 0.103 e. The van der Waals surface area contributed by atoms with Crippen molar-refractivity contribution in [3.05, 3.63) is 42.1 Å². The minimum Gasteiger partial charge on any atom is -0.392 e. The fourth-order valence-corrected chi connectivity index (χ4v) is 5.40. The molecule has 2 heteroatoms. The van der Waals surface area contributed by atoms with Gasteiger partial charge >= 0.3 is 0 Å². The van der Waals surface area contributed by atoms with E-state index in [2.05, 4.69) is 62.1 Å². The molecule has 0 amide bonds. The van der Waals surface area contributed by atoms with Gasteiger partial charge in [-0.25, -0.2) is 0 Å². The number of aliphatic hydroxyl groups is 1. The van der Waals surface area contributed by atoms with Crippen LogP contribution < -0.4 is 5.19 Å². The molecule has 0 heterocycles. The molecule has 0 saturated heterocycles. The molecule has 1 aliphatic rings. The Morgan fingerprint density at radius 2 is 1.71 bits per heavy atom. The van der Waals surface area contributed by atoms with Gasteiger partial charge in [0.15, 0.2) is 0 Å². The molecule has 2 atom stereocenters. The predicted molar refractivity (Wildman–Crippen MR) is 94.4 cm³/mol. The van der Waals surface area contributed by atoms with E-state index in [0.717, 1.165) is 0 Å². The van der Waals surface area contributed by atoms with Gasteiger partial charge in [0.2, 0.25) is 0 Å². The third-order valence-electron chi connectivity index (χ3n) is 5.01. The van der Waals surface area contributed by atoms with Crippen LogP contribution in [-0.4, -0.2) is 19.3 Å². The molecule has 0 unspecified atom stereocenters. The van der Waals surface area contributed by atoms with E-state index in [-0.39, 0.29) is 12.0 Å². The van der Waals surface area contributed by atoms with Gasteiger partial charge in [-0.05, 0) is 24.7 Å². The molecule has 1 nitrogen and oxygen atoms in total. The number of hydrogen-bond acceptors (Lipinski definition) is 1. The summed E-state index contributed by atoms with van der Waals surface area (Å²) in [6, 6.07) is 10.8. The fraction of sp³-hybridized carbons (Fsp3) is 0.579. The summed E-state index contributed by atoms with van der Waals surface area (Å²) < 4.78 is 0. The van der Waals surface area contributed by atoms with E-state index in [4.69, 9.17) is 0 Å². The molecule has 2 rings (SSSR count). The lowest BCUT2D eigenvalue weighted by Crippen LogP contribution is -2.39. The lowest BCUT2D eigenvalue weighted by Gasteiger charge is -2.30.